The van der Waals surface area contributed by atoms with E-state index in [4.69, 9.17) is 0 Å². The maximum absolute atomic E-state index is 2.50. The van der Waals surface area contributed by atoms with Crippen molar-refractivity contribution in [2.75, 3.05) is 0 Å². The van der Waals surface area contributed by atoms with Gasteiger partial charge in [0.05, 0.1) is 5.56 Å². The minimum absolute atomic E-state index is 0.843. The standard InChI is InChI=1S/C37H44N/c1-23-11-10-14-25-21-31-32(36-29-17-8-6-15-27(29)35(31)28-16-7-9-18-30(28)36)22-33-26(24-12-4-3-5-13-24)19-20-38(2)37(33)34(23)25/h3-5,10-14,19-20,27-32,35-36H,6-9,15-18,21-22H2,1-2H3/q+1. The summed E-state index contributed by atoms with van der Waals surface area (Å²) in [5, 5.41) is 0. The van der Waals surface area contributed by atoms with Gasteiger partial charge in [0, 0.05) is 11.6 Å². The predicted octanol–water partition coefficient (Wildman–Crippen LogP) is 8.36. The molecular weight excluding hydrogens is 458 g/mol. The molecule has 2 aromatic carbocycles. The molecule has 6 unspecified atom stereocenters. The molecule has 1 heteroatoms. The van der Waals surface area contributed by atoms with E-state index >= 15 is 0 Å². The molecule has 2 bridgehead atoms. The maximum Gasteiger partial charge on any atom is 0.216 e. The normalized spacial score (nSPS) is 35.1. The van der Waals surface area contributed by atoms with Crippen molar-refractivity contribution in [2.45, 2.75) is 71.1 Å². The van der Waals surface area contributed by atoms with Crippen molar-refractivity contribution in [3.05, 3.63) is 77.5 Å². The number of benzene rings is 2. The topological polar surface area (TPSA) is 3.88 Å². The zero-order valence-corrected chi connectivity index (χ0v) is 23.4. The van der Waals surface area contributed by atoms with Crippen LogP contribution >= 0.6 is 0 Å². The first-order valence-electron chi connectivity index (χ1n) is 15.9. The van der Waals surface area contributed by atoms with Gasteiger partial charge in [-0.15, -0.1) is 0 Å². The third-order valence-corrected chi connectivity index (χ3v) is 12.3. The first-order chi connectivity index (χ1) is 18.7. The fourth-order valence-electron chi connectivity index (χ4n) is 11.2. The number of pyridine rings is 1. The molecule has 1 aromatic heterocycles. The van der Waals surface area contributed by atoms with Crippen LogP contribution in [0.2, 0.25) is 0 Å². The molecule has 1 heterocycles. The summed E-state index contributed by atoms with van der Waals surface area (Å²) < 4.78 is 2.46. The highest BCUT2D eigenvalue weighted by molar-refractivity contribution is 5.77. The van der Waals surface area contributed by atoms with Gasteiger partial charge in [0.1, 0.15) is 7.05 Å². The largest absolute Gasteiger partial charge is 0.216 e. The van der Waals surface area contributed by atoms with Crippen LogP contribution in [0, 0.1) is 54.3 Å². The first-order valence-corrected chi connectivity index (χ1v) is 15.9. The lowest BCUT2D eigenvalue weighted by Gasteiger charge is -2.66. The Morgan fingerprint density at radius 1 is 0.632 bits per heavy atom. The number of rotatable bonds is 1. The molecule has 5 saturated carbocycles. The molecule has 3 aromatic rings. The van der Waals surface area contributed by atoms with Crippen LogP contribution in [-0.4, -0.2) is 0 Å². The molecule has 0 spiro atoms. The summed E-state index contributed by atoms with van der Waals surface area (Å²) in [4.78, 5) is 0. The molecule has 0 N–H and O–H groups in total. The Balaban J connectivity index is 1.37. The molecular formula is C37H44N+. The quantitative estimate of drug-likeness (QED) is 0.294. The second-order valence-electron chi connectivity index (χ2n) is 13.8. The predicted molar refractivity (Wildman–Crippen MR) is 155 cm³/mol. The van der Waals surface area contributed by atoms with Gasteiger partial charge in [0.25, 0.3) is 0 Å². The molecule has 0 amide bonds. The maximum atomic E-state index is 2.50. The number of aryl methyl sites for hydroxylation is 2. The van der Waals surface area contributed by atoms with Crippen LogP contribution in [0.25, 0.3) is 22.4 Å². The van der Waals surface area contributed by atoms with E-state index in [1.807, 2.05) is 0 Å². The summed E-state index contributed by atoms with van der Waals surface area (Å²) in [6, 6.07) is 20.9. The molecule has 6 aliphatic rings. The van der Waals surface area contributed by atoms with Gasteiger partial charge in [-0.25, -0.2) is 4.57 Å². The van der Waals surface area contributed by atoms with E-state index in [-0.39, 0.29) is 0 Å². The monoisotopic (exact) mass is 502 g/mol. The van der Waals surface area contributed by atoms with Crippen LogP contribution in [-0.2, 0) is 19.9 Å². The molecule has 0 aliphatic heterocycles. The van der Waals surface area contributed by atoms with Crippen molar-refractivity contribution in [1.82, 2.24) is 0 Å². The van der Waals surface area contributed by atoms with Gasteiger partial charge in [0.2, 0.25) is 5.69 Å². The number of fused-ring (bicyclic) bond motifs is 3. The van der Waals surface area contributed by atoms with E-state index in [1.54, 1.807) is 16.7 Å². The van der Waals surface area contributed by atoms with Crippen molar-refractivity contribution in [2.24, 2.45) is 54.4 Å². The van der Waals surface area contributed by atoms with Gasteiger partial charge in [-0.2, -0.15) is 0 Å². The molecule has 0 saturated heterocycles. The molecule has 196 valence electrons. The Morgan fingerprint density at radius 3 is 1.87 bits per heavy atom. The number of hydrogen-bond donors (Lipinski definition) is 0. The minimum atomic E-state index is 0.843. The lowest BCUT2D eigenvalue weighted by Crippen LogP contribution is -2.61. The molecule has 0 radical (unpaired) electrons. The SMILES string of the molecule is Cc1cccc2c1-c1c(c(-c3ccccc3)cc[n+]1C)CC1C(C2)C2C3CCCCC3C1C1CCCCC12. The van der Waals surface area contributed by atoms with Gasteiger partial charge in [-0.05, 0) is 115 Å². The smallest absolute Gasteiger partial charge is 0.201 e. The first kappa shape index (κ1) is 23.5. The van der Waals surface area contributed by atoms with Crippen molar-refractivity contribution in [3.8, 4) is 22.4 Å². The molecule has 6 atom stereocenters. The van der Waals surface area contributed by atoms with Crippen LogP contribution in [0.15, 0.2) is 60.8 Å². The zero-order chi connectivity index (χ0) is 25.4. The molecule has 38 heavy (non-hydrogen) atoms. The molecule has 5 fully saturated rings. The number of hydrogen-bond acceptors (Lipinski definition) is 0. The summed E-state index contributed by atoms with van der Waals surface area (Å²) in [6.45, 7) is 2.36. The summed E-state index contributed by atoms with van der Waals surface area (Å²) in [7, 11) is 2.30. The van der Waals surface area contributed by atoms with Crippen LogP contribution < -0.4 is 4.57 Å². The van der Waals surface area contributed by atoms with Gasteiger partial charge < -0.3 is 0 Å². The Bertz CT molecular complexity index is 1330. The molecule has 1 nitrogen and oxygen atoms in total. The van der Waals surface area contributed by atoms with Crippen molar-refractivity contribution in [3.63, 3.8) is 0 Å². The number of nitrogens with zero attached hydrogens (tertiary/aromatic N) is 1. The lowest BCUT2D eigenvalue weighted by atomic mass is 9.38. The van der Waals surface area contributed by atoms with E-state index in [0.29, 0.717) is 0 Å². The van der Waals surface area contributed by atoms with Crippen molar-refractivity contribution in [1.29, 1.82) is 0 Å². The second-order valence-corrected chi connectivity index (χ2v) is 13.8. The van der Waals surface area contributed by atoms with E-state index < -0.39 is 0 Å². The average Bonchev–Trinajstić information content (AvgIpc) is 2.94. The third-order valence-electron chi connectivity index (χ3n) is 12.3. The molecule has 9 rings (SSSR count). The number of aromatic nitrogens is 1. The van der Waals surface area contributed by atoms with Crippen LogP contribution in [0.3, 0.4) is 0 Å². The Hall–Kier alpha value is -2.41. The van der Waals surface area contributed by atoms with Crippen LogP contribution in [0.1, 0.15) is 68.1 Å². The van der Waals surface area contributed by atoms with E-state index in [2.05, 4.69) is 79.3 Å². The van der Waals surface area contributed by atoms with Crippen LogP contribution in [0.4, 0.5) is 0 Å². The third kappa shape index (κ3) is 3.39. The van der Waals surface area contributed by atoms with E-state index in [9.17, 15) is 0 Å². The lowest BCUT2D eigenvalue weighted by molar-refractivity contribution is -0.660. The molecule has 6 aliphatic carbocycles. The van der Waals surface area contributed by atoms with Gasteiger partial charge in [0.15, 0.2) is 6.20 Å². The van der Waals surface area contributed by atoms with E-state index in [0.717, 1.165) is 47.3 Å². The second kappa shape index (κ2) is 9.07. The minimum Gasteiger partial charge on any atom is -0.201 e. The highest BCUT2D eigenvalue weighted by Crippen LogP contribution is 2.67. The van der Waals surface area contributed by atoms with Crippen molar-refractivity contribution >= 4 is 0 Å². The Labute approximate surface area is 229 Å². The van der Waals surface area contributed by atoms with Gasteiger partial charge >= 0.3 is 0 Å². The van der Waals surface area contributed by atoms with Gasteiger partial charge in [-0.3, -0.25) is 0 Å². The van der Waals surface area contributed by atoms with Crippen LogP contribution in [0.5, 0.6) is 0 Å². The van der Waals surface area contributed by atoms with E-state index in [1.165, 1.54) is 86.6 Å². The zero-order valence-electron chi connectivity index (χ0n) is 23.4. The highest BCUT2D eigenvalue weighted by atomic mass is 14.9. The Kier molecular flexibility index (Phi) is 5.60. The summed E-state index contributed by atoms with van der Waals surface area (Å²) in [6.07, 6.45) is 17.0. The average molecular weight is 503 g/mol. The highest BCUT2D eigenvalue weighted by Gasteiger charge is 2.61. The summed E-state index contributed by atoms with van der Waals surface area (Å²) in [5.74, 6) is 7.67. The van der Waals surface area contributed by atoms with Gasteiger partial charge in [-0.1, -0.05) is 74.2 Å². The van der Waals surface area contributed by atoms with Crippen molar-refractivity contribution < 1.29 is 4.57 Å². The fraction of sp³-hybridized carbons (Fsp3) is 0.541. The summed E-state index contributed by atoms with van der Waals surface area (Å²) in [5.41, 5.74) is 10.6. The summed E-state index contributed by atoms with van der Waals surface area (Å²) >= 11 is 0. The fourth-order valence-corrected chi connectivity index (χ4v) is 11.2. The Morgan fingerprint density at radius 2 is 1.24 bits per heavy atom.